The lowest BCUT2D eigenvalue weighted by molar-refractivity contribution is -0.281. The van der Waals surface area contributed by atoms with Crippen LogP contribution in [0.4, 0.5) is 0 Å². The molecule has 6 heteroatoms. The lowest BCUT2D eigenvalue weighted by Crippen LogP contribution is -2.51. The van der Waals surface area contributed by atoms with Crippen molar-refractivity contribution in [3.8, 4) is 0 Å². The molecule has 2 aliphatic rings. The first-order chi connectivity index (χ1) is 11.1. The number of benzene rings is 1. The molecule has 2 fully saturated rings. The Labute approximate surface area is 135 Å². The summed E-state index contributed by atoms with van der Waals surface area (Å²) in [7, 11) is 1.33. The van der Waals surface area contributed by atoms with Crippen molar-refractivity contribution >= 4 is 11.9 Å². The predicted molar refractivity (Wildman–Crippen MR) is 82.2 cm³/mol. The van der Waals surface area contributed by atoms with Crippen molar-refractivity contribution in [2.24, 2.45) is 0 Å². The van der Waals surface area contributed by atoms with E-state index in [2.05, 4.69) is 4.74 Å². The number of nitrogens with zero attached hydrogens (tertiary/aromatic N) is 1. The third-order valence-corrected chi connectivity index (χ3v) is 4.38. The van der Waals surface area contributed by atoms with Crippen LogP contribution < -0.4 is 0 Å². The molecule has 0 atom stereocenters. The number of carbonyl (C=O) groups is 2. The van der Waals surface area contributed by atoms with Crippen molar-refractivity contribution in [1.29, 1.82) is 0 Å². The summed E-state index contributed by atoms with van der Waals surface area (Å²) in [6.45, 7) is 2.67. The summed E-state index contributed by atoms with van der Waals surface area (Å²) in [5.74, 6) is -0.938. The molecule has 1 aromatic carbocycles. The highest BCUT2D eigenvalue weighted by Gasteiger charge is 2.39. The van der Waals surface area contributed by atoms with E-state index in [1.807, 2.05) is 0 Å². The molecule has 1 spiro atoms. The fraction of sp³-hybridized carbons (Fsp3) is 0.529. The minimum atomic E-state index is -0.496. The molecule has 0 radical (unpaired) electrons. The predicted octanol–water partition coefficient (Wildman–Crippen LogP) is 1.84. The Kier molecular flexibility index (Phi) is 4.63. The third-order valence-electron chi connectivity index (χ3n) is 4.38. The molecule has 124 valence electrons. The van der Waals surface area contributed by atoms with Crippen LogP contribution in [0, 0.1) is 0 Å². The van der Waals surface area contributed by atoms with E-state index in [0.29, 0.717) is 37.1 Å². The molecule has 0 aromatic heterocycles. The minimum absolute atomic E-state index is 0.0351. The Hall–Kier alpha value is -1.92. The van der Waals surface area contributed by atoms with Gasteiger partial charge in [-0.1, -0.05) is 0 Å². The molecule has 23 heavy (non-hydrogen) atoms. The topological polar surface area (TPSA) is 65.1 Å². The van der Waals surface area contributed by atoms with Gasteiger partial charge in [0.25, 0.3) is 5.91 Å². The Morgan fingerprint density at radius 1 is 1.04 bits per heavy atom. The molecular formula is C17H21NO5. The molecule has 0 aliphatic carbocycles. The molecule has 2 aliphatic heterocycles. The quantitative estimate of drug-likeness (QED) is 0.778. The summed E-state index contributed by atoms with van der Waals surface area (Å²) in [6, 6.07) is 6.54. The minimum Gasteiger partial charge on any atom is -0.465 e. The van der Waals surface area contributed by atoms with Crippen LogP contribution in [-0.4, -0.2) is 56.0 Å². The van der Waals surface area contributed by atoms with Crippen LogP contribution in [0.3, 0.4) is 0 Å². The van der Waals surface area contributed by atoms with E-state index >= 15 is 0 Å². The number of amides is 1. The highest BCUT2D eigenvalue weighted by molar-refractivity contribution is 5.96. The highest BCUT2D eigenvalue weighted by Crippen LogP contribution is 2.31. The van der Waals surface area contributed by atoms with E-state index in [0.717, 1.165) is 19.6 Å². The SMILES string of the molecule is COC(=O)c1ccc(C(=O)N2CCC3(CC2)OCCCO3)cc1. The van der Waals surface area contributed by atoms with Crippen molar-refractivity contribution in [2.75, 3.05) is 33.4 Å². The van der Waals surface area contributed by atoms with Crippen LogP contribution in [0.1, 0.15) is 40.0 Å². The molecule has 0 unspecified atom stereocenters. The van der Waals surface area contributed by atoms with Gasteiger partial charge in [-0.3, -0.25) is 4.79 Å². The molecule has 0 saturated carbocycles. The number of esters is 1. The van der Waals surface area contributed by atoms with E-state index < -0.39 is 11.8 Å². The molecule has 1 amide bonds. The number of rotatable bonds is 2. The van der Waals surface area contributed by atoms with Gasteiger partial charge in [-0.05, 0) is 30.7 Å². The summed E-state index contributed by atoms with van der Waals surface area (Å²) < 4.78 is 16.2. The van der Waals surface area contributed by atoms with Crippen LogP contribution in [0.2, 0.25) is 0 Å². The van der Waals surface area contributed by atoms with Gasteiger partial charge >= 0.3 is 5.97 Å². The van der Waals surface area contributed by atoms with Gasteiger partial charge in [0.2, 0.25) is 0 Å². The third kappa shape index (κ3) is 3.38. The maximum atomic E-state index is 12.5. The maximum absolute atomic E-state index is 12.5. The first-order valence-electron chi connectivity index (χ1n) is 7.89. The number of hydrogen-bond acceptors (Lipinski definition) is 5. The number of likely N-dealkylation sites (tertiary alicyclic amines) is 1. The molecule has 2 heterocycles. The van der Waals surface area contributed by atoms with Crippen LogP contribution in [0.25, 0.3) is 0 Å². The second-order valence-electron chi connectivity index (χ2n) is 5.82. The van der Waals surface area contributed by atoms with Gasteiger partial charge in [-0.25, -0.2) is 4.79 Å². The lowest BCUT2D eigenvalue weighted by Gasteiger charge is -2.43. The summed E-state index contributed by atoms with van der Waals surface area (Å²) in [5, 5.41) is 0. The van der Waals surface area contributed by atoms with Crippen molar-refractivity contribution < 1.29 is 23.8 Å². The largest absolute Gasteiger partial charge is 0.465 e. The first kappa shape index (κ1) is 16.0. The average molecular weight is 319 g/mol. The van der Waals surface area contributed by atoms with Gasteiger partial charge in [0.05, 0.1) is 25.9 Å². The van der Waals surface area contributed by atoms with Crippen molar-refractivity contribution in [3.63, 3.8) is 0 Å². The molecule has 2 saturated heterocycles. The summed E-state index contributed by atoms with van der Waals surface area (Å²) >= 11 is 0. The average Bonchev–Trinajstić information content (AvgIpc) is 2.62. The molecular weight excluding hydrogens is 298 g/mol. The maximum Gasteiger partial charge on any atom is 0.337 e. The monoisotopic (exact) mass is 319 g/mol. The smallest absolute Gasteiger partial charge is 0.337 e. The van der Waals surface area contributed by atoms with Gasteiger partial charge in [-0.2, -0.15) is 0 Å². The Bertz CT molecular complexity index is 567. The Morgan fingerprint density at radius 2 is 1.61 bits per heavy atom. The zero-order valence-electron chi connectivity index (χ0n) is 13.2. The van der Waals surface area contributed by atoms with E-state index in [4.69, 9.17) is 9.47 Å². The fourth-order valence-corrected chi connectivity index (χ4v) is 3.01. The van der Waals surface area contributed by atoms with Gasteiger partial charge in [0.1, 0.15) is 0 Å². The van der Waals surface area contributed by atoms with Crippen LogP contribution in [-0.2, 0) is 14.2 Å². The lowest BCUT2D eigenvalue weighted by atomic mass is 10.0. The number of piperidine rings is 1. The van der Waals surface area contributed by atoms with E-state index in [1.165, 1.54) is 7.11 Å². The molecule has 1 aromatic rings. The normalized spacial score (nSPS) is 20.3. The van der Waals surface area contributed by atoms with Crippen LogP contribution in [0.15, 0.2) is 24.3 Å². The van der Waals surface area contributed by atoms with Gasteiger partial charge in [0, 0.05) is 31.5 Å². The molecule has 0 N–H and O–H groups in total. The van der Waals surface area contributed by atoms with Crippen LogP contribution >= 0.6 is 0 Å². The van der Waals surface area contributed by atoms with Crippen molar-refractivity contribution in [3.05, 3.63) is 35.4 Å². The highest BCUT2D eigenvalue weighted by atomic mass is 16.7. The number of hydrogen-bond donors (Lipinski definition) is 0. The van der Waals surface area contributed by atoms with Gasteiger partial charge in [0.15, 0.2) is 5.79 Å². The fourth-order valence-electron chi connectivity index (χ4n) is 3.01. The summed E-state index contributed by atoms with van der Waals surface area (Å²) in [6.07, 6.45) is 2.31. The number of methoxy groups -OCH3 is 1. The second kappa shape index (κ2) is 6.68. The molecule has 3 rings (SSSR count). The standard InChI is InChI=1S/C17H21NO5/c1-21-16(20)14-5-3-13(4-6-14)15(19)18-9-7-17(8-10-18)22-11-2-12-23-17/h3-6H,2,7-12H2,1H3. The molecule has 6 nitrogen and oxygen atoms in total. The van der Waals surface area contributed by atoms with Crippen LogP contribution in [0.5, 0.6) is 0 Å². The van der Waals surface area contributed by atoms with Crippen molar-refractivity contribution in [2.45, 2.75) is 25.0 Å². The Morgan fingerprint density at radius 3 is 2.17 bits per heavy atom. The first-order valence-corrected chi connectivity index (χ1v) is 7.89. The second-order valence-corrected chi connectivity index (χ2v) is 5.82. The number of ether oxygens (including phenoxy) is 3. The van der Waals surface area contributed by atoms with Gasteiger partial charge < -0.3 is 19.1 Å². The zero-order valence-corrected chi connectivity index (χ0v) is 13.2. The van der Waals surface area contributed by atoms with Crippen molar-refractivity contribution in [1.82, 2.24) is 4.90 Å². The van der Waals surface area contributed by atoms with E-state index in [1.54, 1.807) is 29.2 Å². The molecule has 0 bridgehead atoms. The summed E-state index contributed by atoms with van der Waals surface area (Å²) in [5.41, 5.74) is 1.00. The summed E-state index contributed by atoms with van der Waals surface area (Å²) in [4.78, 5) is 25.8. The zero-order chi connectivity index (χ0) is 16.3. The van der Waals surface area contributed by atoms with E-state index in [9.17, 15) is 9.59 Å². The van der Waals surface area contributed by atoms with Gasteiger partial charge in [-0.15, -0.1) is 0 Å². The Balaban J connectivity index is 1.62. The van der Waals surface area contributed by atoms with E-state index in [-0.39, 0.29) is 5.91 Å². The number of carbonyl (C=O) groups excluding carboxylic acids is 2.